The number of halogens is 2. The minimum atomic E-state index is -0.585. The van der Waals surface area contributed by atoms with Gasteiger partial charge in [0.05, 0.1) is 12.5 Å². The predicted octanol–water partition coefficient (Wildman–Crippen LogP) is 1.73. The van der Waals surface area contributed by atoms with E-state index in [1.165, 1.54) is 25.1 Å². The highest BCUT2D eigenvalue weighted by molar-refractivity contribution is 6.31. The molecule has 5 heteroatoms. The van der Waals surface area contributed by atoms with Crippen LogP contribution in [0, 0.1) is 5.82 Å². The van der Waals surface area contributed by atoms with Crippen molar-refractivity contribution in [3.63, 3.8) is 0 Å². The second-order valence-corrected chi connectivity index (χ2v) is 3.78. The zero-order valence-electron chi connectivity index (χ0n) is 8.67. The fourth-order valence-electron chi connectivity index (χ4n) is 1.20. The number of carbonyl (C=O) groups excluding carboxylic acids is 2. The number of aldehydes is 1. The molecule has 1 aromatic carbocycles. The summed E-state index contributed by atoms with van der Waals surface area (Å²) in [4.78, 5) is 21.7. The van der Waals surface area contributed by atoms with Crippen molar-refractivity contribution in [3.05, 3.63) is 34.6 Å². The van der Waals surface area contributed by atoms with Crippen molar-refractivity contribution in [2.24, 2.45) is 0 Å². The summed E-state index contributed by atoms with van der Waals surface area (Å²) in [7, 11) is 0. The molecule has 1 rings (SSSR count). The van der Waals surface area contributed by atoms with E-state index in [9.17, 15) is 14.0 Å². The van der Waals surface area contributed by atoms with Gasteiger partial charge >= 0.3 is 0 Å². The van der Waals surface area contributed by atoms with Gasteiger partial charge < -0.3 is 10.1 Å². The minimum Gasteiger partial charge on any atom is -0.347 e. The van der Waals surface area contributed by atoms with Gasteiger partial charge in [-0.1, -0.05) is 17.7 Å². The van der Waals surface area contributed by atoms with Crippen LogP contribution in [0.3, 0.4) is 0 Å². The van der Waals surface area contributed by atoms with Gasteiger partial charge in [0.25, 0.3) is 0 Å². The largest absolute Gasteiger partial charge is 0.347 e. The highest BCUT2D eigenvalue weighted by Gasteiger charge is 2.13. The van der Waals surface area contributed by atoms with Gasteiger partial charge in [-0.05, 0) is 19.1 Å². The van der Waals surface area contributed by atoms with Crippen molar-refractivity contribution in [2.75, 3.05) is 0 Å². The lowest BCUT2D eigenvalue weighted by molar-refractivity contribution is -0.123. The monoisotopic (exact) mass is 243 g/mol. The van der Waals surface area contributed by atoms with Crippen LogP contribution in [-0.4, -0.2) is 18.2 Å². The molecule has 3 nitrogen and oxygen atoms in total. The van der Waals surface area contributed by atoms with E-state index in [0.717, 1.165) is 0 Å². The lowest BCUT2D eigenvalue weighted by Crippen LogP contribution is -2.34. The van der Waals surface area contributed by atoms with Gasteiger partial charge in [-0.15, -0.1) is 0 Å². The molecule has 1 atom stereocenters. The van der Waals surface area contributed by atoms with Gasteiger partial charge in [0.15, 0.2) is 0 Å². The van der Waals surface area contributed by atoms with E-state index in [0.29, 0.717) is 6.29 Å². The summed E-state index contributed by atoms with van der Waals surface area (Å²) in [6.45, 7) is 1.54. The Morgan fingerprint density at radius 3 is 2.88 bits per heavy atom. The van der Waals surface area contributed by atoms with Crippen LogP contribution in [-0.2, 0) is 16.0 Å². The zero-order chi connectivity index (χ0) is 12.1. The minimum absolute atomic E-state index is 0.139. The van der Waals surface area contributed by atoms with Crippen molar-refractivity contribution in [1.82, 2.24) is 5.32 Å². The highest BCUT2D eigenvalue weighted by Crippen LogP contribution is 2.19. The van der Waals surface area contributed by atoms with Gasteiger partial charge in [-0.2, -0.15) is 0 Å². The van der Waals surface area contributed by atoms with E-state index in [4.69, 9.17) is 11.6 Å². The molecule has 0 aromatic heterocycles. The molecule has 0 spiro atoms. The molecule has 0 saturated carbocycles. The van der Waals surface area contributed by atoms with Gasteiger partial charge in [0.1, 0.15) is 12.1 Å². The van der Waals surface area contributed by atoms with Crippen LogP contribution in [0.5, 0.6) is 0 Å². The van der Waals surface area contributed by atoms with Crippen LogP contribution in [0.15, 0.2) is 18.2 Å². The Morgan fingerprint density at radius 2 is 2.31 bits per heavy atom. The number of benzene rings is 1. The SMILES string of the molecule is C[C@@H](C=O)NC(=O)Cc1c(F)cccc1Cl. The smallest absolute Gasteiger partial charge is 0.225 e. The Morgan fingerprint density at radius 1 is 1.62 bits per heavy atom. The molecular weight excluding hydrogens is 233 g/mol. The first-order chi connectivity index (χ1) is 7.54. The molecule has 0 bridgehead atoms. The average Bonchev–Trinajstić information content (AvgIpc) is 2.23. The molecule has 16 heavy (non-hydrogen) atoms. The molecule has 86 valence electrons. The summed E-state index contributed by atoms with van der Waals surface area (Å²) in [6.07, 6.45) is 0.421. The molecule has 0 fully saturated rings. The molecule has 0 saturated heterocycles. The topological polar surface area (TPSA) is 46.2 Å². The fourth-order valence-corrected chi connectivity index (χ4v) is 1.43. The summed E-state index contributed by atoms with van der Waals surface area (Å²) in [6, 6.07) is 3.62. The van der Waals surface area contributed by atoms with Gasteiger partial charge in [-0.3, -0.25) is 4.79 Å². The molecule has 0 aliphatic rings. The van der Waals surface area contributed by atoms with Gasteiger partial charge in [0, 0.05) is 10.6 Å². The van der Waals surface area contributed by atoms with E-state index in [-0.39, 0.29) is 17.0 Å². The fraction of sp³-hybridized carbons (Fsp3) is 0.273. The molecule has 1 amide bonds. The van der Waals surface area contributed by atoms with Crippen molar-refractivity contribution >= 4 is 23.8 Å². The molecule has 0 aliphatic heterocycles. The van der Waals surface area contributed by atoms with Gasteiger partial charge in [0.2, 0.25) is 5.91 Å². The maximum Gasteiger partial charge on any atom is 0.225 e. The summed E-state index contributed by atoms with van der Waals surface area (Å²) in [5.74, 6) is -0.965. The summed E-state index contributed by atoms with van der Waals surface area (Å²) < 4.78 is 13.3. The number of nitrogens with one attached hydrogen (secondary N) is 1. The first-order valence-electron chi connectivity index (χ1n) is 4.72. The molecule has 0 unspecified atom stereocenters. The first-order valence-corrected chi connectivity index (χ1v) is 5.10. The number of amides is 1. The Labute approximate surface area is 97.6 Å². The number of carbonyl (C=O) groups is 2. The third kappa shape index (κ3) is 3.31. The Bertz CT molecular complexity index is 389. The predicted molar refractivity (Wildman–Crippen MR) is 58.8 cm³/mol. The normalized spacial score (nSPS) is 11.9. The molecule has 0 aliphatic carbocycles. The van der Waals surface area contributed by atoms with Crippen LogP contribution in [0.1, 0.15) is 12.5 Å². The van der Waals surface area contributed by atoms with E-state index in [1.54, 1.807) is 0 Å². The number of rotatable bonds is 4. The summed E-state index contributed by atoms with van der Waals surface area (Å²) in [5, 5.41) is 2.60. The zero-order valence-corrected chi connectivity index (χ0v) is 9.42. The molecule has 1 aromatic rings. The van der Waals surface area contributed by atoms with Crippen LogP contribution >= 0.6 is 11.6 Å². The van der Waals surface area contributed by atoms with E-state index in [1.807, 2.05) is 0 Å². The first kappa shape index (κ1) is 12.6. The lowest BCUT2D eigenvalue weighted by atomic mass is 10.1. The van der Waals surface area contributed by atoms with Gasteiger partial charge in [-0.25, -0.2) is 4.39 Å². The lowest BCUT2D eigenvalue weighted by Gasteiger charge is -2.08. The maximum atomic E-state index is 13.3. The molecule has 0 heterocycles. The second-order valence-electron chi connectivity index (χ2n) is 3.37. The van der Waals surface area contributed by atoms with Crippen LogP contribution in [0.25, 0.3) is 0 Å². The van der Waals surface area contributed by atoms with Crippen molar-refractivity contribution < 1.29 is 14.0 Å². The van der Waals surface area contributed by atoms with E-state index >= 15 is 0 Å². The average molecular weight is 244 g/mol. The van der Waals surface area contributed by atoms with Crippen molar-refractivity contribution in [3.8, 4) is 0 Å². The molecule has 0 radical (unpaired) electrons. The molecule has 1 N–H and O–H groups in total. The van der Waals surface area contributed by atoms with Crippen LogP contribution in [0.4, 0.5) is 4.39 Å². The third-order valence-corrected chi connectivity index (χ3v) is 2.35. The Balaban J connectivity index is 2.73. The summed E-state index contributed by atoms with van der Waals surface area (Å²) >= 11 is 5.75. The molecular formula is C11H11ClFNO2. The van der Waals surface area contributed by atoms with Crippen LogP contribution in [0.2, 0.25) is 5.02 Å². The number of hydrogen-bond acceptors (Lipinski definition) is 2. The number of hydrogen-bond donors (Lipinski definition) is 1. The van der Waals surface area contributed by atoms with Crippen molar-refractivity contribution in [2.45, 2.75) is 19.4 Å². The Kier molecular flexibility index (Phi) is 4.43. The third-order valence-electron chi connectivity index (χ3n) is 1.99. The van der Waals surface area contributed by atoms with Crippen LogP contribution < -0.4 is 5.32 Å². The van der Waals surface area contributed by atoms with E-state index < -0.39 is 17.8 Å². The highest BCUT2D eigenvalue weighted by atomic mass is 35.5. The van der Waals surface area contributed by atoms with Crippen molar-refractivity contribution in [1.29, 1.82) is 0 Å². The quantitative estimate of drug-likeness (QED) is 0.819. The maximum absolute atomic E-state index is 13.3. The second kappa shape index (κ2) is 5.61. The summed E-state index contributed by atoms with van der Waals surface area (Å²) in [5.41, 5.74) is 0.139. The standard InChI is InChI=1S/C11H11ClFNO2/c1-7(6-15)14-11(16)5-8-9(12)3-2-4-10(8)13/h2-4,6-7H,5H2,1H3,(H,14,16)/t7-/m0/s1. The van der Waals surface area contributed by atoms with E-state index in [2.05, 4.69) is 5.32 Å². The Hall–Kier alpha value is -1.42.